The van der Waals surface area contributed by atoms with Gasteiger partial charge >= 0.3 is 0 Å². The second-order valence-electron chi connectivity index (χ2n) is 16.3. The normalized spacial score (nSPS) is 19.5. The van der Waals surface area contributed by atoms with Crippen LogP contribution in [-0.2, 0) is 41.0 Å². The van der Waals surface area contributed by atoms with Crippen molar-refractivity contribution in [3.05, 3.63) is 89.0 Å². The van der Waals surface area contributed by atoms with Crippen LogP contribution in [0.5, 0.6) is 5.75 Å². The fourth-order valence-electron chi connectivity index (χ4n) is 8.78. The van der Waals surface area contributed by atoms with E-state index in [1.165, 1.54) is 5.56 Å². The summed E-state index contributed by atoms with van der Waals surface area (Å²) in [6.07, 6.45) is 0.0354. The molecule has 0 spiro atoms. The number of fused-ring (bicyclic) bond motifs is 1. The van der Waals surface area contributed by atoms with Gasteiger partial charge in [0.05, 0.1) is 42.5 Å². The van der Waals surface area contributed by atoms with E-state index in [-0.39, 0.29) is 23.9 Å². The van der Waals surface area contributed by atoms with E-state index in [9.17, 15) is 8.42 Å². The molecule has 3 aromatic carbocycles. The van der Waals surface area contributed by atoms with Crippen molar-refractivity contribution >= 4 is 35.8 Å². The lowest BCUT2D eigenvalue weighted by Gasteiger charge is -2.50. The maximum absolute atomic E-state index is 14.6. The summed E-state index contributed by atoms with van der Waals surface area (Å²) in [5, 5.41) is 0. The molecule has 310 valence electrons. The zero-order valence-corrected chi connectivity index (χ0v) is 37.8. The minimum atomic E-state index is -3.86. The highest BCUT2D eigenvalue weighted by Gasteiger charge is 2.51. The van der Waals surface area contributed by atoms with Crippen molar-refractivity contribution in [2.45, 2.75) is 107 Å². The minimum absolute atomic E-state index is 0.190. The van der Waals surface area contributed by atoms with Crippen LogP contribution >= 0.6 is 11.8 Å². The van der Waals surface area contributed by atoms with Gasteiger partial charge in [-0.05, 0) is 70.9 Å². The van der Waals surface area contributed by atoms with Crippen LogP contribution in [0.15, 0.2) is 71.6 Å². The number of hydrogen-bond donors (Lipinski definition) is 0. The van der Waals surface area contributed by atoms with Crippen molar-refractivity contribution in [3.63, 3.8) is 0 Å². The van der Waals surface area contributed by atoms with Crippen molar-refractivity contribution in [1.82, 2.24) is 4.31 Å². The number of piperidine rings is 1. The van der Waals surface area contributed by atoms with Crippen LogP contribution in [0.4, 0.5) is 5.69 Å². The van der Waals surface area contributed by atoms with Gasteiger partial charge in [-0.15, -0.1) is 0 Å². The molecule has 2 heterocycles. The smallest absolute Gasteiger partial charge is 0.243 e. The van der Waals surface area contributed by atoms with Crippen molar-refractivity contribution in [2.75, 3.05) is 70.9 Å². The van der Waals surface area contributed by atoms with E-state index in [1.807, 2.05) is 36.9 Å². The van der Waals surface area contributed by atoms with Gasteiger partial charge in [0.1, 0.15) is 12.4 Å². The summed E-state index contributed by atoms with van der Waals surface area (Å²) in [5.41, 5.74) is 6.40. The lowest BCUT2D eigenvalue weighted by Crippen LogP contribution is -2.59. The molecular weight excluding hydrogens is 761 g/mol. The van der Waals surface area contributed by atoms with Gasteiger partial charge in [0, 0.05) is 57.9 Å². The van der Waals surface area contributed by atoms with Crippen LogP contribution in [0.3, 0.4) is 0 Å². The van der Waals surface area contributed by atoms with E-state index in [0.717, 1.165) is 65.8 Å². The van der Waals surface area contributed by atoms with Crippen LogP contribution in [0.25, 0.3) is 0 Å². The van der Waals surface area contributed by atoms with Crippen LogP contribution in [0.2, 0.25) is 16.6 Å². The second kappa shape index (κ2) is 20.5. The Morgan fingerprint density at radius 2 is 1.48 bits per heavy atom. The third kappa shape index (κ3) is 10.6. The maximum Gasteiger partial charge on any atom is 0.243 e. The molecule has 0 amide bonds. The molecule has 12 heteroatoms. The van der Waals surface area contributed by atoms with Crippen molar-refractivity contribution in [2.24, 2.45) is 0 Å². The zero-order chi connectivity index (χ0) is 40.5. The molecule has 56 heavy (non-hydrogen) atoms. The molecule has 0 aliphatic carbocycles. The third-order valence-electron chi connectivity index (χ3n) is 11.6. The molecule has 1 saturated heterocycles. The highest BCUT2D eigenvalue weighted by molar-refractivity contribution is 7.98. The van der Waals surface area contributed by atoms with E-state index in [1.54, 1.807) is 30.7 Å². The molecule has 0 unspecified atom stereocenters. The summed E-state index contributed by atoms with van der Waals surface area (Å²) in [6.45, 7) is 20.2. The lowest BCUT2D eigenvalue weighted by atomic mass is 9.85. The average molecular weight is 827 g/mol. The summed E-state index contributed by atoms with van der Waals surface area (Å²) in [6, 6.07) is 22.3. The number of ether oxygens (including phenoxy) is 4. The summed E-state index contributed by atoms with van der Waals surface area (Å²) in [7, 11) is -2.87. The molecule has 2 aliphatic heterocycles. The fraction of sp³-hybridized carbons (Fsp3) is 0.591. The van der Waals surface area contributed by atoms with E-state index < -0.39 is 30.5 Å². The van der Waals surface area contributed by atoms with Crippen LogP contribution in [-0.4, -0.2) is 99.2 Å². The predicted octanol–water partition coefficient (Wildman–Crippen LogP) is 9.04. The number of methoxy groups -OCH3 is 2. The first-order chi connectivity index (χ1) is 26.8. The van der Waals surface area contributed by atoms with Gasteiger partial charge in [-0.2, -0.15) is 16.1 Å². The summed E-state index contributed by atoms with van der Waals surface area (Å²) in [5.74, 6) is 2.51. The Hall–Kier alpha value is -2.42. The molecule has 1 fully saturated rings. The lowest BCUT2D eigenvalue weighted by molar-refractivity contribution is -0.0504. The summed E-state index contributed by atoms with van der Waals surface area (Å²) in [4.78, 5) is 2.64. The van der Waals surface area contributed by atoms with E-state index >= 15 is 0 Å². The summed E-state index contributed by atoms with van der Waals surface area (Å²) >= 11 is 1.85. The monoisotopic (exact) mass is 826 g/mol. The first-order valence-electron chi connectivity index (χ1n) is 20.3. The van der Waals surface area contributed by atoms with Crippen LogP contribution < -0.4 is 9.64 Å². The highest BCUT2D eigenvalue weighted by Crippen LogP contribution is 2.47. The number of rotatable bonds is 20. The highest BCUT2D eigenvalue weighted by atomic mass is 32.2. The zero-order valence-electron chi connectivity index (χ0n) is 35.2. The van der Waals surface area contributed by atoms with Crippen LogP contribution in [0.1, 0.15) is 76.1 Å². The van der Waals surface area contributed by atoms with Crippen molar-refractivity contribution in [3.8, 4) is 5.75 Å². The van der Waals surface area contributed by atoms with Gasteiger partial charge in [0.25, 0.3) is 0 Å². The van der Waals surface area contributed by atoms with E-state index in [4.69, 9.17) is 23.4 Å². The quantitative estimate of drug-likeness (QED) is 0.0819. The minimum Gasteiger partial charge on any atom is -0.490 e. The van der Waals surface area contributed by atoms with Gasteiger partial charge in [0.15, 0.2) is 0 Å². The number of hydrogen-bond acceptors (Lipinski definition) is 9. The van der Waals surface area contributed by atoms with Gasteiger partial charge in [0.2, 0.25) is 18.3 Å². The van der Waals surface area contributed by atoms with Crippen LogP contribution in [0, 0.1) is 6.92 Å². The Balaban J connectivity index is 1.55. The Bertz CT molecular complexity index is 1750. The molecule has 5 rings (SSSR count). The molecule has 0 aromatic heterocycles. The molecule has 9 nitrogen and oxygen atoms in total. The average Bonchev–Trinajstić information content (AvgIpc) is 3.17. The molecule has 0 bridgehead atoms. The largest absolute Gasteiger partial charge is 0.490 e. The number of thioether (sulfide) groups is 1. The number of sulfonamides is 1. The van der Waals surface area contributed by atoms with E-state index in [2.05, 4.69) is 82.8 Å². The molecule has 3 atom stereocenters. The number of nitrogens with zero attached hydrogens (tertiary/aromatic N) is 2. The first kappa shape index (κ1) is 44.7. The number of benzene rings is 3. The predicted molar refractivity (Wildman–Crippen MR) is 232 cm³/mol. The van der Waals surface area contributed by atoms with Crippen molar-refractivity contribution < 1.29 is 31.8 Å². The Kier molecular flexibility index (Phi) is 16.4. The second-order valence-corrected chi connectivity index (χ2v) is 24.7. The van der Waals surface area contributed by atoms with Gasteiger partial charge in [-0.25, -0.2) is 8.42 Å². The topological polar surface area (TPSA) is 86.8 Å². The Morgan fingerprint density at radius 1 is 0.839 bits per heavy atom. The number of anilines is 1. The molecule has 0 radical (unpaired) electrons. The molecule has 0 saturated carbocycles. The van der Waals surface area contributed by atoms with Gasteiger partial charge in [-0.1, -0.05) is 89.6 Å². The fourth-order valence-corrected chi connectivity index (χ4v) is 16.7. The molecule has 0 N–H and O–H groups in total. The van der Waals surface area contributed by atoms with Gasteiger partial charge in [-0.3, -0.25) is 0 Å². The molecular formula is C44H66N2O7S2Si. The Labute approximate surface area is 342 Å². The first-order valence-corrected chi connectivity index (χ1v) is 25.1. The van der Waals surface area contributed by atoms with E-state index in [0.29, 0.717) is 36.4 Å². The standard InChI is InChI=1S/C44H66N2O7S2Si/c1-32(2)56(33(3)4,34(5)6)53-43-29-46(55(47,48)39-18-11-35(7)12-19-39)28-42(44(43)38-16-13-36(14-17-38)31-54-26-25-50-9)52-30-37-15-20-41-40(27-37)45(22-24-51-41)21-10-23-49-8/h11-20,27,32-34,42-44H,10,21-26,28-31H2,1-9H3/t42-,43+,44-/m0/s1. The summed E-state index contributed by atoms with van der Waals surface area (Å²) < 4.78 is 62.1. The Morgan fingerprint density at radius 3 is 2.12 bits per heavy atom. The van der Waals surface area contributed by atoms with Gasteiger partial charge < -0.3 is 28.3 Å². The van der Waals surface area contributed by atoms with Crippen molar-refractivity contribution in [1.29, 1.82) is 0 Å². The molecule has 3 aromatic rings. The maximum atomic E-state index is 14.6. The SMILES string of the molecule is COCCCN1CCOc2ccc(CO[C@H]3CN(S(=O)(=O)c4ccc(C)cc4)C[C@@H](O[Si](C(C)C)(C(C)C)C(C)C)[C@H]3c3ccc(CSCCOC)cc3)cc21. The number of aryl methyl sites for hydroxylation is 1. The third-order valence-corrected chi connectivity index (χ3v) is 20.5. The molecule has 2 aliphatic rings.